The average Bonchev–Trinajstić information content (AvgIpc) is 2.87. The van der Waals surface area contributed by atoms with Crippen LogP contribution in [0.1, 0.15) is 12.8 Å². The van der Waals surface area contributed by atoms with Crippen LogP contribution < -0.4 is 5.32 Å². The molecule has 0 bridgehead atoms. The van der Waals surface area contributed by atoms with Gasteiger partial charge in [-0.3, -0.25) is 0 Å². The molecule has 0 radical (unpaired) electrons. The predicted octanol–water partition coefficient (Wildman–Crippen LogP) is 1.06. The molecule has 0 amide bonds. The molecule has 2 aliphatic rings. The summed E-state index contributed by atoms with van der Waals surface area (Å²) in [7, 11) is -3.31. The van der Waals surface area contributed by atoms with Gasteiger partial charge in [-0.2, -0.15) is 4.31 Å². The van der Waals surface area contributed by atoms with Crippen LogP contribution in [-0.2, 0) is 10.0 Å². The van der Waals surface area contributed by atoms with E-state index in [0.717, 1.165) is 13.0 Å². The summed E-state index contributed by atoms with van der Waals surface area (Å²) >= 11 is 0. The van der Waals surface area contributed by atoms with Gasteiger partial charge in [0.2, 0.25) is 10.0 Å². The molecule has 0 saturated carbocycles. The van der Waals surface area contributed by atoms with Crippen molar-refractivity contribution < 1.29 is 8.42 Å². The van der Waals surface area contributed by atoms with E-state index >= 15 is 0 Å². The van der Waals surface area contributed by atoms with Crippen LogP contribution in [0.3, 0.4) is 0 Å². The van der Waals surface area contributed by atoms with Crippen LogP contribution in [0, 0.1) is 5.92 Å². The normalized spacial score (nSPS) is 29.1. The summed E-state index contributed by atoms with van der Waals surface area (Å²) in [5.41, 5.74) is 0. The molecule has 2 heterocycles. The third-order valence-electron chi connectivity index (χ3n) is 4.02. The quantitative estimate of drug-likeness (QED) is 0.871. The van der Waals surface area contributed by atoms with Crippen molar-refractivity contribution in [1.29, 1.82) is 0 Å². The molecule has 5 heteroatoms. The first kappa shape index (κ1) is 12.1. The van der Waals surface area contributed by atoms with Gasteiger partial charge in [-0.05, 0) is 37.4 Å². The lowest BCUT2D eigenvalue weighted by Gasteiger charge is -2.34. The monoisotopic (exact) mass is 266 g/mol. The van der Waals surface area contributed by atoms with Gasteiger partial charge in [0.15, 0.2) is 0 Å². The minimum Gasteiger partial charge on any atom is -0.312 e. The first-order valence-corrected chi connectivity index (χ1v) is 7.90. The van der Waals surface area contributed by atoms with Gasteiger partial charge >= 0.3 is 0 Å². The van der Waals surface area contributed by atoms with Gasteiger partial charge in [-0.15, -0.1) is 0 Å². The van der Waals surface area contributed by atoms with Gasteiger partial charge in [-0.25, -0.2) is 8.42 Å². The molecule has 1 N–H and O–H groups in total. The van der Waals surface area contributed by atoms with Gasteiger partial charge in [0.1, 0.15) is 0 Å². The standard InChI is InChI=1S/C13H18N2O2S/c16-18(17,12-4-2-1-3-5-12)15-9-7-11-6-8-14-13(11)10-15/h1-5,11,13-14H,6-10H2. The number of hydrogen-bond donors (Lipinski definition) is 1. The van der Waals surface area contributed by atoms with Gasteiger partial charge in [0.25, 0.3) is 0 Å². The Labute approximate surface area is 108 Å². The average molecular weight is 266 g/mol. The third kappa shape index (κ3) is 2.06. The number of benzene rings is 1. The van der Waals surface area contributed by atoms with Crippen LogP contribution in [0.15, 0.2) is 35.2 Å². The number of rotatable bonds is 2. The summed E-state index contributed by atoms with van der Waals surface area (Å²) < 4.78 is 26.6. The second kappa shape index (κ2) is 4.64. The van der Waals surface area contributed by atoms with E-state index in [0.29, 0.717) is 29.9 Å². The molecular formula is C13H18N2O2S. The topological polar surface area (TPSA) is 49.4 Å². The zero-order valence-corrected chi connectivity index (χ0v) is 11.1. The second-order valence-corrected chi connectivity index (χ2v) is 7.01. The van der Waals surface area contributed by atoms with Crippen molar-refractivity contribution in [3.8, 4) is 0 Å². The van der Waals surface area contributed by atoms with E-state index in [1.165, 1.54) is 6.42 Å². The number of hydrogen-bond acceptors (Lipinski definition) is 3. The Kier molecular flexibility index (Phi) is 3.13. The van der Waals surface area contributed by atoms with E-state index in [1.54, 1.807) is 28.6 Å². The summed E-state index contributed by atoms with van der Waals surface area (Å²) in [5.74, 6) is 0.659. The molecule has 18 heavy (non-hydrogen) atoms. The molecule has 2 unspecified atom stereocenters. The van der Waals surface area contributed by atoms with Gasteiger partial charge in [0.05, 0.1) is 4.90 Å². The van der Waals surface area contributed by atoms with E-state index in [4.69, 9.17) is 0 Å². The largest absolute Gasteiger partial charge is 0.312 e. The van der Waals surface area contributed by atoms with Crippen molar-refractivity contribution in [2.45, 2.75) is 23.8 Å². The Morgan fingerprint density at radius 3 is 2.72 bits per heavy atom. The molecular weight excluding hydrogens is 248 g/mol. The highest BCUT2D eigenvalue weighted by atomic mass is 32.2. The highest BCUT2D eigenvalue weighted by Crippen LogP contribution is 2.28. The molecule has 1 aromatic rings. The van der Waals surface area contributed by atoms with Gasteiger partial charge < -0.3 is 5.32 Å². The highest BCUT2D eigenvalue weighted by molar-refractivity contribution is 7.89. The summed E-state index contributed by atoms with van der Waals surface area (Å²) in [6.45, 7) is 2.29. The van der Waals surface area contributed by atoms with Gasteiger partial charge in [0, 0.05) is 19.1 Å². The lowest BCUT2D eigenvalue weighted by Crippen LogP contribution is -2.48. The van der Waals surface area contributed by atoms with Crippen molar-refractivity contribution >= 4 is 10.0 Å². The summed E-state index contributed by atoms with van der Waals surface area (Å²) in [4.78, 5) is 0.404. The summed E-state index contributed by atoms with van der Waals surface area (Å²) in [5, 5.41) is 3.41. The maximum atomic E-state index is 12.5. The molecule has 0 aliphatic carbocycles. The first-order valence-electron chi connectivity index (χ1n) is 6.46. The number of nitrogens with one attached hydrogen (secondary N) is 1. The van der Waals surface area contributed by atoms with Crippen LogP contribution in [0.4, 0.5) is 0 Å². The van der Waals surface area contributed by atoms with Crippen molar-refractivity contribution in [2.24, 2.45) is 5.92 Å². The van der Waals surface area contributed by atoms with Crippen LogP contribution in [0.5, 0.6) is 0 Å². The number of piperidine rings is 1. The van der Waals surface area contributed by atoms with Crippen molar-refractivity contribution in [2.75, 3.05) is 19.6 Å². The fraction of sp³-hybridized carbons (Fsp3) is 0.538. The van der Waals surface area contributed by atoms with E-state index in [9.17, 15) is 8.42 Å². The maximum Gasteiger partial charge on any atom is 0.243 e. The smallest absolute Gasteiger partial charge is 0.243 e. The highest BCUT2D eigenvalue weighted by Gasteiger charge is 2.37. The Hall–Kier alpha value is -0.910. The minimum atomic E-state index is -3.31. The molecule has 98 valence electrons. The zero-order chi connectivity index (χ0) is 12.6. The predicted molar refractivity (Wildman–Crippen MR) is 69.7 cm³/mol. The Morgan fingerprint density at radius 1 is 1.17 bits per heavy atom. The van der Waals surface area contributed by atoms with Crippen molar-refractivity contribution in [3.05, 3.63) is 30.3 Å². The molecule has 2 aliphatic heterocycles. The Bertz CT molecular complexity index is 515. The number of sulfonamides is 1. The number of fused-ring (bicyclic) bond motifs is 1. The first-order chi connectivity index (χ1) is 8.68. The minimum absolute atomic E-state index is 0.345. The zero-order valence-electron chi connectivity index (χ0n) is 10.2. The second-order valence-electron chi connectivity index (χ2n) is 5.07. The molecule has 0 aromatic heterocycles. The van der Waals surface area contributed by atoms with Gasteiger partial charge in [-0.1, -0.05) is 18.2 Å². The lowest BCUT2D eigenvalue weighted by atomic mass is 9.94. The lowest BCUT2D eigenvalue weighted by molar-refractivity contribution is 0.249. The molecule has 2 fully saturated rings. The Balaban J connectivity index is 1.82. The van der Waals surface area contributed by atoms with E-state index in [-0.39, 0.29) is 0 Å². The van der Waals surface area contributed by atoms with E-state index < -0.39 is 10.0 Å². The SMILES string of the molecule is O=S(=O)(c1ccccc1)N1CCC2CCNC2C1. The van der Waals surface area contributed by atoms with Crippen LogP contribution in [0.25, 0.3) is 0 Å². The van der Waals surface area contributed by atoms with Crippen molar-refractivity contribution in [3.63, 3.8) is 0 Å². The van der Waals surface area contributed by atoms with Crippen LogP contribution in [0.2, 0.25) is 0 Å². The van der Waals surface area contributed by atoms with Crippen molar-refractivity contribution in [1.82, 2.24) is 9.62 Å². The molecule has 0 spiro atoms. The van der Waals surface area contributed by atoms with Crippen LogP contribution in [-0.4, -0.2) is 38.4 Å². The fourth-order valence-corrected chi connectivity index (χ4v) is 4.46. The molecule has 2 atom stereocenters. The maximum absolute atomic E-state index is 12.5. The molecule has 1 aromatic carbocycles. The molecule has 4 nitrogen and oxygen atoms in total. The Morgan fingerprint density at radius 2 is 1.94 bits per heavy atom. The summed E-state index contributed by atoms with van der Waals surface area (Å²) in [6.07, 6.45) is 2.16. The summed E-state index contributed by atoms with van der Waals surface area (Å²) in [6, 6.07) is 9.06. The van der Waals surface area contributed by atoms with E-state index in [1.807, 2.05) is 6.07 Å². The fourth-order valence-electron chi connectivity index (χ4n) is 2.96. The van der Waals surface area contributed by atoms with Crippen LogP contribution >= 0.6 is 0 Å². The third-order valence-corrected chi connectivity index (χ3v) is 5.90. The number of nitrogens with zero attached hydrogens (tertiary/aromatic N) is 1. The molecule has 3 rings (SSSR count). The van der Waals surface area contributed by atoms with E-state index in [2.05, 4.69) is 5.32 Å². The molecule has 2 saturated heterocycles.